The van der Waals surface area contributed by atoms with E-state index in [1.165, 1.54) is 33.9 Å². The van der Waals surface area contributed by atoms with Gasteiger partial charge in [-0.15, -0.1) is 0 Å². The quantitative estimate of drug-likeness (QED) is 0.0535. The molecule has 0 radical (unpaired) electrons. The predicted octanol–water partition coefficient (Wildman–Crippen LogP) is 8.28. The number of unbranched alkanes of at least 4 members (excludes halogenated alkanes) is 2. The van der Waals surface area contributed by atoms with Crippen molar-refractivity contribution < 1.29 is 33.1 Å². The van der Waals surface area contributed by atoms with E-state index in [0.717, 1.165) is 57.9 Å². The molecule has 0 bridgehead atoms. The van der Waals surface area contributed by atoms with Crippen LogP contribution < -0.4 is 15.5 Å². The first-order valence-electron chi connectivity index (χ1n) is 21.7. The molecule has 2 amide bonds. The lowest BCUT2D eigenvalue weighted by Gasteiger charge is -2.27. The Kier molecular flexibility index (Phi) is 17.8. The number of alkyl carbamates (subject to hydrolysis) is 1. The lowest BCUT2D eigenvalue weighted by molar-refractivity contribution is -0.401. The molecule has 59 heavy (non-hydrogen) atoms. The Morgan fingerprint density at radius 1 is 0.797 bits per heavy atom. The van der Waals surface area contributed by atoms with Gasteiger partial charge in [0, 0.05) is 67.0 Å². The van der Waals surface area contributed by atoms with Crippen molar-refractivity contribution in [2.75, 3.05) is 71.2 Å². The number of ether oxygens (including phenoxy) is 4. The molecule has 10 heteroatoms. The second kappa shape index (κ2) is 23.2. The smallest absolute Gasteiger partial charge is 0.408 e. The highest BCUT2D eigenvalue weighted by molar-refractivity contribution is 6.03. The number of hydrogen-bond acceptors (Lipinski definition) is 7. The molecule has 2 heterocycles. The van der Waals surface area contributed by atoms with Crippen LogP contribution in [0.25, 0.3) is 0 Å². The normalized spacial score (nSPS) is 18.7. The zero-order valence-corrected chi connectivity index (χ0v) is 36.2. The zero-order chi connectivity index (χ0) is 41.9. The molecule has 1 atom stereocenters. The maximum absolute atomic E-state index is 12.5. The number of rotatable bonds is 22. The highest BCUT2D eigenvalue weighted by Crippen LogP contribution is 2.47. The molecule has 0 spiro atoms. The Bertz CT molecular complexity index is 1880. The van der Waals surface area contributed by atoms with Crippen LogP contribution in [0.3, 0.4) is 0 Å². The second-order valence-electron chi connectivity index (χ2n) is 16.4. The number of anilines is 1. The summed E-state index contributed by atoms with van der Waals surface area (Å²) in [5, 5.41) is 5.67. The summed E-state index contributed by atoms with van der Waals surface area (Å²) in [6.07, 6.45) is 18.4. The van der Waals surface area contributed by atoms with Gasteiger partial charge in [-0.2, -0.15) is 4.58 Å². The molecule has 318 valence electrons. The van der Waals surface area contributed by atoms with Crippen LogP contribution >= 0.6 is 0 Å². The second-order valence-corrected chi connectivity index (χ2v) is 16.4. The fourth-order valence-electron chi connectivity index (χ4n) is 8.13. The molecule has 1 aliphatic carbocycles. The lowest BCUT2D eigenvalue weighted by atomic mass is 9.81. The Labute approximate surface area is 353 Å². The van der Waals surface area contributed by atoms with Crippen molar-refractivity contribution in [3.05, 3.63) is 95.7 Å². The van der Waals surface area contributed by atoms with Gasteiger partial charge in [0.2, 0.25) is 11.6 Å². The number of hydrogen-bond donors (Lipinski definition) is 2. The van der Waals surface area contributed by atoms with Crippen molar-refractivity contribution in [2.45, 2.75) is 102 Å². The third kappa shape index (κ3) is 13.2. The van der Waals surface area contributed by atoms with E-state index in [1.807, 2.05) is 0 Å². The van der Waals surface area contributed by atoms with Crippen molar-refractivity contribution in [3.8, 4) is 11.8 Å². The van der Waals surface area contributed by atoms with Crippen molar-refractivity contribution in [1.29, 1.82) is 0 Å². The van der Waals surface area contributed by atoms with Gasteiger partial charge in [0.1, 0.15) is 7.05 Å². The highest BCUT2D eigenvalue weighted by atomic mass is 16.6. The van der Waals surface area contributed by atoms with E-state index in [0.29, 0.717) is 59.2 Å². The number of carbonyl (C=O) groups is 2. The van der Waals surface area contributed by atoms with Crippen LogP contribution in [0.1, 0.15) is 96.6 Å². The lowest BCUT2D eigenvalue weighted by Crippen LogP contribution is -2.31. The summed E-state index contributed by atoms with van der Waals surface area (Å²) in [6, 6.07) is 17.4. The molecule has 1 unspecified atom stereocenters. The van der Waals surface area contributed by atoms with Crippen LogP contribution in [0.2, 0.25) is 0 Å². The number of para-hydroxylation sites is 2. The van der Waals surface area contributed by atoms with Gasteiger partial charge >= 0.3 is 6.09 Å². The number of nitrogens with one attached hydrogen (secondary N) is 2. The van der Waals surface area contributed by atoms with Crippen LogP contribution in [-0.4, -0.2) is 94.7 Å². The minimum absolute atomic E-state index is 0.0469. The van der Waals surface area contributed by atoms with Crippen LogP contribution in [0.4, 0.5) is 16.2 Å². The number of allylic oxidation sites excluding steroid dienone is 6. The van der Waals surface area contributed by atoms with Crippen LogP contribution in [-0.2, 0) is 34.6 Å². The van der Waals surface area contributed by atoms with Crippen molar-refractivity contribution in [2.24, 2.45) is 0 Å². The van der Waals surface area contributed by atoms with Gasteiger partial charge in [-0.3, -0.25) is 4.79 Å². The topological polar surface area (TPSA) is 101 Å². The minimum Gasteiger partial charge on any atom is -0.433 e. The van der Waals surface area contributed by atoms with Gasteiger partial charge in [0.15, 0.2) is 11.8 Å². The van der Waals surface area contributed by atoms with Gasteiger partial charge in [0.05, 0.1) is 45.1 Å². The molecule has 5 rings (SSSR count). The maximum Gasteiger partial charge on any atom is 0.408 e. The summed E-state index contributed by atoms with van der Waals surface area (Å²) in [7, 11) is 2.15. The molecular formula is C49H67N4O6+. The van der Waals surface area contributed by atoms with E-state index in [-0.39, 0.29) is 22.8 Å². The van der Waals surface area contributed by atoms with Gasteiger partial charge < -0.3 is 34.5 Å². The molecule has 2 aromatic rings. The first-order valence-corrected chi connectivity index (χ1v) is 21.7. The first kappa shape index (κ1) is 45.4. The van der Waals surface area contributed by atoms with E-state index in [4.69, 9.17) is 18.9 Å². The standard InChI is InChI=1S/C49H66N4O6/c1-48(2)40-23-16-18-25-42(40)52(5)44(48)27-13-9-14-28-45-49(3,4)41-24-17-19-26-43(41)53(45)32-20-10-15-29-46(54)50-30-33-56-35-37-58-38-36-57-34-31-51-47(55)59-39-21-11-7-6-8-12-22-39/h9,13-14,16-19,23-28,39H,6-8,10-11,15,20-21,29-38H2,1-5H3,(H-,50,51,54,55)/p+1. The number of carbonyl (C=O) groups excluding carboxylic acids is 2. The molecule has 0 saturated heterocycles. The van der Waals surface area contributed by atoms with Gasteiger partial charge in [-0.25, -0.2) is 4.79 Å². The Morgan fingerprint density at radius 2 is 1.49 bits per heavy atom. The molecule has 2 aromatic carbocycles. The fourth-order valence-corrected chi connectivity index (χ4v) is 8.13. The summed E-state index contributed by atoms with van der Waals surface area (Å²) in [4.78, 5) is 26.9. The predicted molar refractivity (Wildman–Crippen MR) is 237 cm³/mol. The third-order valence-corrected chi connectivity index (χ3v) is 11.4. The largest absolute Gasteiger partial charge is 0.433 e. The number of nitrogens with zero attached hydrogens (tertiary/aromatic N) is 2. The number of fused-ring (bicyclic) bond motifs is 2. The van der Waals surface area contributed by atoms with Crippen molar-refractivity contribution >= 4 is 29.1 Å². The summed E-state index contributed by atoms with van der Waals surface area (Å²) >= 11 is 0. The average molecular weight is 808 g/mol. The molecule has 0 aromatic heterocycles. The van der Waals surface area contributed by atoms with E-state index >= 15 is 0 Å². The van der Waals surface area contributed by atoms with Crippen molar-refractivity contribution in [3.63, 3.8) is 0 Å². The molecule has 2 aliphatic heterocycles. The summed E-state index contributed by atoms with van der Waals surface area (Å²) in [5.74, 6) is 6.15. The SMILES string of the molecule is C[N+]1=C(/C=C/C=C/C=C2\N(CCCCCC(=O)NCCOCCOCCOCCNC(=O)OC3C#CCCCCC3)c3ccccc3C2(C)C)C(C)(C)c2ccccc21. The molecule has 10 nitrogen and oxygen atoms in total. The monoisotopic (exact) mass is 808 g/mol. The van der Waals surface area contributed by atoms with Gasteiger partial charge in [-0.05, 0) is 63.7 Å². The Hall–Kier alpha value is -4.69. The summed E-state index contributed by atoms with van der Waals surface area (Å²) in [6.45, 7) is 13.5. The van der Waals surface area contributed by atoms with Crippen LogP contribution in [0, 0.1) is 11.8 Å². The van der Waals surface area contributed by atoms with Gasteiger partial charge in [-0.1, -0.05) is 93.2 Å². The van der Waals surface area contributed by atoms with Crippen LogP contribution in [0.5, 0.6) is 0 Å². The fraction of sp³-hybridized carbons (Fsp3) is 0.531. The van der Waals surface area contributed by atoms with Crippen LogP contribution in [0.15, 0.2) is 84.6 Å². The third-order valence-electron chi connectivity index (χ3n) is 11.4. The average Bonchev–Trinajstić information content (AvgIpc) is 3.54. The zero-order valence-electron chi connectivity index (χ0n) is 36.2. The van der Waals surface area contributed by atoms with E-state index in [9.17, 15) is 9.59 Å². The maximum atomic E-state index is 12.5. The molecule has 0 saturated carbocycles. The Morgan fingerprint density at radius 3 is 2.25 bits per heavy atom. The minimum atomic E-state index is -0.457. The molecule has 3 aliphatic rings. The van der Waals surface area contributed by atoms with E-state index in [1.54, 1.807) is 0 Å². The highest BCUT2D eigenvalue weighted by Gasteiger charge is 2.42. The first-order chi connectivity index (χ1) is 28.6. The Balaban J connectivity index is 0.911. The summed E-state index contributed by atoms with van der Waals surface area (Å²) in [5.41, 5.74) is 7.66. The summed E-state index contributed by atoms with van der Waals surface area (Å²) < 4.78 is 24.3. The molecular weight excluding hydrogens is 741 g/mol. The van der Waals surface area contributed by atoms with Gasteiger partial charge in [0.25, 0.3) is 0 Å². The van der Waals surface area contributed by atoms with E-state index in [2.05, 4.69) is 146 Å². The molecule has 0 fully saturated rings. The number of benzene rings is 2. The number of amides is 2. The van der Waals surface area contributed by atoms with Crippen molar-refractivity contribution in [1.82, 2.24) is 10.6 Å². The van der Waals surface area contributed by atoms with E-state index < -0.39 is 6.09 Å². The molecule has 2 N–H and O–H groups in total.